The zero-order chi connectivity index (χ0) is 18.6. The molecule has 0 aliphatic carbocycles. The molecule has 0 N–H and O–H groups in total. The van der Waals surface area contributed by atoms with Gasteiger partial charge in [0.25, 0.3) is 0 Å². The first kappa shape index (κ1) is 22.1. The fraction of sp³-hybridized carbons (Fsp3) is 0.650. The van der Waals surface area contributed by atoms with Crippen LogP contribution in [0.15, 0.2) is 36.0 Å². The molecular weight excluding hydrogens is 300 g/mol. The van der Waals surface area contributed by atoms with Gasteiger partial charge < -0.3 is 4.43 Å². The summed E-state index contributed by atoms with van der Waals surface area (Å²) >= 11 is 0. The molecule has 3 heteroatoms. The molecular formula is C20H36O2Si. The second-order valence-corrected chi connectivity index (χ2v) is 12.9. The van der Waals surface area contributed by atoms with Crippen LogP contribution in [0.5, 0.6) is 0 Å². The zero-order valence-electron chi connectivity index (χ0n) is 16.7. The molecule has 0 radical (unpaired) electrons. The summed E-state index contributed by atoms with van der Waals surface area (Å²) in [5.41, 5.74) is 2.62. The Bertz CT molecular complexity index is 492. The summed E-state index contributed by atoms with van der Waals surface area (Å²) in [6.45, 7) is 26.9. The van der Waals surface area contributed by atoms with Crippen molar-refractivity contribution in [3.63, 3.8) is 0 Å². The number of allylic oxidation sites excluding steroid dienone is 3. The van der Waals surface area contributed by atoms with Gasteiger partial charge in [0.1, 0.15) is 0 Å². The lowest BCUT2D eigenvalue weighted by Gasteiger charge is -2.41. The van der Waals surface area contributed by atoms with Crippen molar-refractivity contribution in [1.29, 1.82) is 0 Å². The number of carbonyl (C=O) groups excluding carboxylic acids is 1. The number of ketones is 1. The van der Waals surface area contributed by atoms with Crippen molar-refractivity contribution in [1.82, 2.24) is 0 Å². The van der Waals surface area contributed by atoms with E-state index in [1.54, 1.807) is 0 Å². The van der Waals surface area contributed by atoms with Gasteiger partial charge in [0.15, 0.2) is 14.1 Å². The molecule has 0 aliphatic heterocycles. The van der Waals surface area contributed by atoms with Gasteiger partial charge in [-0.25, -0.2) is 0 Å². The lowest BCUT2D eigenvalue weighted by molar-refractivity contribution is -0.120. The molecule has 23 heavy (non-hydrogen) atoms. The first-order valence-electron chi connectivity index (χ1n) is 8.48. The number of carbonyl (C=O) groups is 1. The van der Waals surface area contributed by atoms with Gasteiger partial charge in [-0.2, -0.15) is 0 Å². The highest BCUT2D eigenvalue weighted by molar-refractivity contribution is 6.74. The molecule has 0 aromatic heterocycles. The van der Waals surface area contributed by atoms with Crippen LogP contribution in [-0.4, -0.2) is 20.2 Å². The van der Waals surface area contributed by atoms with E-state index >= 15 is 0 Å². The summed E-state index contributed by atoms with van der Waals surface area (Å²) in [6, 6.07) is 0. The lowest BCUT2D eigenvalue weighted by Crippen LogP contribution is -2.47. The van der Waals surface area contributed by atoms with Gasteiger partial charge in [-0.15, -0.1) is 0 Å². The molecule has 2 atom stereocenters. The predicted molar refractivity (Wildman–Crippen MR) is 104 cm³/mol. The summed E-state index contributed by atoms with van der Waals surface area (Å²) in [5, 5.41) is 0.102. The number of hydrogen-bond acceptors (Lipinski definition) is 2. The molecule has 0 aromatic rings. The summed E-state index contributed by atoms with van der Waals surface area (Å²) in [6.07, 6.45) is 2.44. The standard InChI is InChI=1S/C20H36O2Si/c1-12-15(4)19(22-23(10,11)20(7,8)9)17(6)18(21)16(5)13-14(2)3/h13,17,19H,2,4,12H2,1,3,5-11H3/b16-13+/t17-,19-/m1/s1. The Morgan fingerprint density at radius 3 is 2.04 bits per heavy atom. The number of hydrogen-bond donors (Lipinski definition) is 0. The fourth-order valence-corrected chi connectivity index (χ4v) is 3.53. The maximum atomic E-state index is 12.8. The van der Waals surface area contributed by atoms with Gasteiger partial charge in [0, 0.05) is 5.92 Å². The van der Waals surface area contributed by atoms with Gasteiger partial charge in [-0.1, -0.05) is 59.4 Å². The van der Waals surface area contributed by atoms with Crippen LogP contribution in [0.2, 0.25) is 18.1 Å². The summed E-state index contributed by atoms with van der Waals surface area (Å²) in [7, 11) is -1.97. The number of rotatable bonds is 8. The summed E-state index contributed by atoms with van der Waals surface area (Å²) in [5.74, 6) is -0.113. The average molecular weight is 337 g/mol. The van der Waals surface area contributed by atoms with Crippen LogP contribution in [0, 0.1) is 5.92 Å². The van der Waals surface area contributed by atoms with Crippen LogP contribution in [0.25, 0.3) is 0 Å². The third kappa shape index (κ3) is 6.23. The highest BCUT2D eigenvalue weighted by Gasteiger charge is 2.41. The quantitative estimate of drug-likeness (QED) is 0.233. The maximum Gasteiger partial charge on any atom is 0.192 e. The van der Waals surface area contributed by atoms with Gasteiger partial charge in [0.05, 0.1) is 6.10 Å². The van der Waals surface area contributed by atoms with Gasteiger partial charge >= 0.3 is 0 Å². The second-order valence-electron chi connectivity index (χ2n) is 8.14. The van der Waals surface area contributed by atoms with E-state index in [-0.39, 0.29) is 22.8 Å². The molecule has 0 saturated heterocycles. The molecule has 0 unspecified atom stereocenters. The highest BCUT2D eigenvalue weighted by Crippen LogP contribution is 2.39. The molecule has 0 aromatic carbocycles. The van der Waals surface area contributed by atoms with Crippen LogP contribution in [0.4, 0.5) is 0 Å². The van der Waals surface area contributed by atoms with E-state index < -0.39 is 8.32 Å². The largest absolute Gasteiger partial charge is 0.410 e. The maximum absolute atomic E-state index is 12.8. The normalized spacial score (nSPS) is 16.0. The van der Waals surface area contributed by atoms with E-state index in [0.717, 1.165) is 23.1 Å². The molecule has 0 heterocycles. The molecule has 132 valence electrons. The summed E-state index contributed by atoms with van der Waals surface area (Å²) < 4.78 is 6.56. The first-order valence-corrected chi connectivity index (χ1v) is 11.4. The molecule has 0 spiro atoms. The Kier molecular flexibility index (Phi) is 7.92. The fourth-order valence-electron chi connectivity index (χ4n) is 2.17. The van der Waals surface area contributed by atoms with E-state index in [1.807, 2.05) is 26.8 Å². The third-order valence-corrected chi connectivity index (χ3v) is 9.26. The van der Waals surface area contributed by atoms with E-state index in [1.165, 1.54) is 0 Å². The molecule has 0 rings (SSSR count). The molecule has 0 saturated carbocycles. The minimum atomic E-state index is -1.97. The van der Waals surface area contributed by atoms with Crippen LogP contribution in [0.3, 0.4) is 0 Å². The van der Waals surface area contributed by atoms with Crippen LogP contribution in [0.1, 0.15) is 54.9 Å². The Labute approximate surface area is 144 Å². The topological polar surface area (TPSA) is 26.3 Å². The molecule has 2 nitrogen and oxygen atoms in total. The van der Waals surface area contributed by atoms with E-state index in [2.05, 4.69) is 53.9 Å². The average Bonchev–Trinajstić information content (AvgIpc) is 2.40. The van der Waals surface area contributed by atoms with Crippen LogP contribution >= 0.6 is 0 Å². The first-order chi connectivity index (χ1) is 10.2. The molecule has 0 fully saturated rings. The monoisotopic (exact) mass is 336 g/mol. The molecule has 0 amide bonds. The van der Waals surface area contributed by atoms with Gasteiger partial charge in [-0.05, 0) is 49.5 Å². The lowest BCUT2D eigenvalue weighted by atomic mass is 9.89. The second kappa shape index (κ2) is 8.25. The SMILES string of the molecule is C=C(C)/C=C(\C)C(=O)[C@@H](C)[C@H](O[Si](C)(C)C(C)(C)C)C(=C)CC. The van der Waals surface area contributed by atoms with E-state index in [9.17, 15) is 4.79 Å². The van der Waals surface area contributed by atoms with Gasteiger partial charge in [0.2, 0.25) is 0 Å². The summed E-state index contributed by atoms with van der Waals surface area (Å²) in [4.78, 5) is 12.8. The zero-order valence-corrected chi connectivity index (χ0v) is 17.7. The third-order valence-electron chi connectivity index (χ3n) is 4.80. The Hall–Kier alpha value is -0.933. The van der Waals surface area contributed by atoms with Crippen LogP contribution in [-0.2, 0) is 9.22 Å². The minimum absolute atomic E-state index is 0.102. The van der Waals surface area contributed by atoms with Crippen molar-refractivity contribution < 1.29 is 9.22 Å². The van der Waals surface area contributed by atoms with Crippen molar-refractivity contribution in [2.45, 2.75) is 79.1 Å². The van der Waals surface area contributed by atoms with Gasteiger partial charge in [-0.3, -0.25) is 4.79 Å². The smallest absolute Gasteiger partial charge is 0.192 e. The highest BCUT2D eigenvalue weighted by atomic mass is 28.4. The van der Waals surface area contributed by atoms with Crippen molar-refractivity contribution in [3.8, 4) is 0 Å². The Balaban J connectivity index is 5.55. The minimum Gasteiger partial charge on any atom is -0.410 e. The van der Waals surface area contributed by atoms with Crippen molar-refractivity contribution in [2.75, 3.05) is 0 Å². The Morgan fingerprint density at radius 2 is 1.70 bits per heavy atom. The molecule has 0 aliphatic rings. The predicted octanol–water partition coefficient (Wildman–Crippen LogP) is 6.07. The number of Topliss-reactive ketones (excluding diaryl/α,β-unsaturated/α-hetero) is 1. The van der Waals surface area contributed by atoms with Crippen molar-refractivity contribution in [2.24, 2.45) is 5.92 Å². The van der Waals surface area contributed by atoms with E-state index in [0.29, 0.717) is 0 Å². The van der Waals surface area contributed by atoms with Crippen molar-refractivity contribution in [3.05, 3.63) is 36.0 Å². The van der Waals surface area contributed by atoms with E-state index in [4.69, 9.17) is 4.43 Å². The molecule has 0 bridgehead atoms. The van der Waals surface area contributed by atoms with Crippen molar-refractivity contribution >= 4 is 14.1 Å². The van der Waals surface area contributed by atoms with Crippen LogP contribution < -0.4 is 0 Å². The Morgan fingerprint density at radius 1 is 1.22 bits per heavy atom.